The Hall–Kier alpha value is -2.67. The van der Waals surface area contributed by atoms with E-state index < -0.39 is 11.8 Å². The smallest absolute Gasteiger partial charge is 0.329 e. The highest BCUT2D eigenvalue weighted by atomic mass is 79.9. The van der Waals surface area contributed by atoms with Crippen molar-refractivity contribution in [1.82, 2.24) is 10.7 Å². The van der Waals surface area contributed by atoms with Crippen LogP contribution >= 0.6 is 15.9 Å². The summed E-state index contributed by atoms with van der Waals surface area (Å²) >= 11 is 3.40. The molecule has 7 heteroatoms. The van der Waals surface area contributed by atoms with Gasteiger partial charge in [0, 0.05) is 10.5 Å². The van der Waals surface area contributed by atoms with E-state index in [9.17, 15) is 9.59 Å². The van der Waals surface area contributed by atoms with E-state index in [0.29, 0.717) is 12.4 Å². The van der Waals surface area contributed by atoms with Gasteiger partial charge in [-0.2, -0.15) is 5.10 Å². The summed E-state index contributed by atoms with van der Waals surface area (Å²) in [6, 6.07) is 15.0. The van der Waals surface area contributed by atoms with Crippen LogP contribution in [0.25, 0.3) is 0 Å². The molecule has 0 heterocycles. The standard InChI is InChI=1S/C19H20BrN3O3/c1-13(2)22-18(24)19(25)23-21-11-15-4-3-5-17(10-15)26-12-14-6-8-16(20)9-7-14/h3-11,13H,12H2,1-2H3,(H,22,24)(H,23,25)/b21-11-. The molecule has 26 heavy (non-hydrogen) atoms. The lowest BCUT2D eigenvalue weighted by Gasteiger charge is -2.07. The zero-order chi connectivity index (χ0) is 18.9. The first kappa shape index (κ1) is 19.7. The predicted molar refractivity (Wildman–Crippen MR) is 104 cm³/mol. The van der Waals surface area contributed by atoms with Gasteiger partial charge in [0.25, 0.3) is 0 Å². The fraction of sp³-hybridized carbons (Fsp3) is 0.211. The van der Waals surface area contributed by atoms with E-state index in [0.717, 1.165) is 15.6 Å². The summed E-state index contributed by atoms with van der Waals surface area (Å²) in [7, 11) is 0. The number of hydrazone groups is 1. The zero-order valence-corrected chi connectivity index (χ0v) is 16.1. The van der Waals surface area contributed by atoms with E-state index in [1.165, 1.54) is 6.21 Å². The van der Waals surface area contributed by atoms with E-state index in [1.54, 1.807) is 19.9 Å². The van der Waals surface area contributed by atoms with Gasteiger partial charge in [0.2, 0.25) is 0 Å². The maximum atomic E-state index is 11.6. The molecule has 0 aliphatic rings. The Labute approximate surface area is 160 Å². The van der Waals surface area contributed by atoms with Gasteiger partial charge in [0.05, 0.1) is 6.21 Å². The van der Waals surface area contributed by atoms with E-state index in [1.807, 2.05) is 42.5 Å². The van der Waals surface area contributed by atoms with Crippen molar-refractivity contribution in [3.8, 4) is 5.75 Å². The number of benzene rings is 2. The van der Waals surface area contributed by atoms with Crippen molar-refractivity contribution in [1.29, 1.82) is 0 Å². The molecule has 0 fully saturated rings. The van der Waals surface area contributed by atoms with Crippen LogP contribution in [0.5, 0.6) is 5.75 Å². The molecular formula is C19H20BrN3O3. The summed E-state index contributed by atoms with van der Waals surface area (Å²) in [5.74, 6) is -0.845. The minimum atomic E-state index is -0.808. The van der Waals surface area contributed by atoms with Crippen LogP contribution in [0.15, 0.2) is 58.1 Å². The van der Waals surface area contributed by atoms with Gasteiger partial charge in [-0.25, -0.2) is 5.43 Å². The van der Waals surface area contributed by atoms with Gasteiger partial charge in [0.15, 0.2) is 0 Å². The molecule has 0 saturated carbocycles. The molecule has 2 N–H and O–H groups in total. The third-order valence-corrected chi connectivity index (χ3v) is 3.71. The number of nitrogens with one attached hydrogen (secondary N) is 2. The van der Waals surface area contributed by atoms with Crippen molar-refractivity contribution >= 4 is 34.0 Å². The second-order valence-electron chi connectivity index (χ2n) is 5.81. The van der Waals surface area contributed by atoms with E-state index in [4.69, 9.17) is 4.74 Å². The molecule has 0 aromatic heterocycles. The molecule has 6 nitrogen and oxygen atoms in total. The summed E-state index contributed by atoms with van der Waals surface area (Å²) in [4.78, 5) is 23.0. The summed E-state index contributed by atoms with van der Waals surface area (Å²) in [5, 5.41) is 6.28. The maximum absolute atomic E-state index is 11.6. The van der Waals surface area contributed by atoms with Crippen molar-refractivity contribution in [3.63, 3.8) is 0 Å². The molecule has 2 aromatic carbocycles. The number of hydrogen-bond acceptors (Lipinski definition) is 4. The molecule has 0 bridgehead atoms. The Morgan fingerprint density at radius 2 is 1.88 bits per heavy atom. The number of halogens is 1. The average Bonchev–Trinajstić information content (AvgIpc) is 2.61. The largest absolute Gasteiger partial charge is 0.489 e. The lowest BCUT2D eigenvalue weighted by Crippen LogP contribution is -2.41. The Balaban J connectivity index is 1.88. The summed E-state index contributed by atoms with van der Waals surface area (Å²) in [5.41, 5.74) is 3.98. The Morgan fingerprint density at radius 1 is 1.15 bits per heavy atom. The summed E-state index contributed by atoms with van der Waals surface area (Å²) in [6.07, 6.45) is 1.45. The number of nitrogens with zero attached hydrogens (tertiary/aromatic N) is 1. The molecule has 2 rings (SSSR count). The first-order valence-corrected chi connectivity index (χ1v) is 8.84. The molecule has 136 valence electrons. The molecule has 0 saturated heterocycles. The summed E-state index contributed by atoms with van der Waals surface area (Å²) < 4.78 is 6.77. The Bertz CT molecular complexity index is 789. The Morgan fingerprint density at radius 3 is 2.58 bits per heavy atom. The molecule has 0 aliphatic carbocycles. The van der Waals surface area contributed by atoms with Crippen LogP contribution in [0.3, 0.4) is 0 Å². The van der Waals surface area contributed by atoms with Crippen LogP contribution < -0.4 is 15.5 Å². The van der Waals surface area contributed by atoms with Crippen molar-refractivity contribution < 1.29 is 14.3 Å². The van der Waals surface area contributed by atoms with Crippen LogP contribution in [-0.4, -0.2) is 24.1 Å². The fourth-order valence-electron chi connectivity index (χ4n) is 1.98. The molecule has 2 amide bonds. The van der Waals surface area contributed by atoms with Crippen LogP contribution in [0.2, 0.25) is 0 Å². The third kappa shape index (κ3) is 6.68. The average molecular weight is 418 g/mol. The SMILES string of the molecule is CC(C)NC(=O)C(=O)N/N=C\c1cccc(OCc2ccc(Br)cc2)c1. The van der Waals surface area contributed by atoms with Crippen molar-refractivity contribution in [3.05, 3.63) is 64.1 Å². The minimum absolute atomic E-state index is 0.114. The molecule has 0 radical (unpaired) electrons. The zero-order valence-electron chi connectivity index (χ0n) is 14.5. The van der Waals surface area contributed by atoms with Crippen molar-refractivity contribution in [2.45, 2.75) is 26.5 Å². The van der Waals surface area contributed by atoms with Gasteiger partial charge in [-0.15, -0.1) is 0 Å². The van der Waals surface area contributed by atoms with Crippen LogP contribution in [0, 0.1) is 0 Å². The van der Waals surface area contributed by atoms with Crippen molar-refractivity contribution in [2.24, 2.45) is 5.10 Å². The summed E-state index contributed by atoms with van der Waals surface area (Å²) in [6.45, 7) is 3.99. The number of rotatable bonds is 6. The fourth-order valence-corrected chi connectivity index (χ4v) is 2.24. The van der Waals surface area contributed by atoms with E-state index in [-0.39, 0.29) is 6.04 Å². The first-order valence-electron chi connectivity index (χ1n) is 8.05. The van der Waals surface area contributed by atoms with Crippen molar-refractivity contribution in [2.75, 3.05) is 0 Å². The first-order chi connectivity index (χ1) is 12.4. The molecule has 0 spiro atoms. The van der Waals surface area contributed by atoms with Gasteiger partial charge in [0.1, 0.15) is 12.4 Å². The van der Waals surface area contributed by atoms with Gasteiger partial charge in [-0.05, 0) is 49.2 Å². The van der Waals surface area contributed by atoms with Crippen LogP contribution in [-0.2, 0) is 16.2 Å². The maximum Gasteiger partial charge on any atom is 0.329 e. The minimum Gasteiger partial charge on any atom is -0.489 e. The molecule has 0 atom stereocenters. The van der Waals surface area contributed by atoms with Crippen LogP contribution in [0.4, 0.5) is 0 Å². The third-order valence-electron chi connectivity index (χ3n) is 3.18. The topological polar surface area (TPSA) is 79.8 Å². The molecule has 2 aromatic rings. The highest BCUT2D eigenvalue weighted by Gasteiger charge is 2.12. The number of amides is 2. The van der Waals surface area contributed by atoms with Gasteiger partial charge >= 0.3 is 11.8 Å². The van der Waals surface area contributed by atoms with Crippen LogP contribution in [0.1, 0.15) is 25.0 Å². The highest BCUT2D eigenvalue weighted by Crippen LogP contribution is 2.16. The number of ether oxygens (including phenoxy) is 1. The molecule has 0 unspecified atom stereocenters. The monoisotopic (exact) mass is 417 g/mol. The second-order valence-corrected chi connectivity index (χ2v) is 6.73. The highest BCUT2D eigenvalue weighted by molar-refractivity contribution is 9.10. The van der Waals surface area contributed by atoms with Gasteiger partial charge in [-0.3, -0.25) is 9.59 Å². The predicted octanol–water partition coefficient (Wildman–Crippen LogP) is 3.00. The van der Waals surface area contributed by atoms with E-state index >= 15 is 0 Å². The second kappa shape index (κ2) is 9.72. The quantitative estimate of drug-likeness (QED) is 0.430. The lowest BCUT2D eigenvalue weighted by atomic mass is 10.2. The number of hydrogen-bond donors (Lipinski definition) is 2. The molecule has 0 aliphatic heterocycles. The van der Waals surface area contributed by atoms with Gasteiger partial charge < -0.3 is 10.1 Å². The number of carbonyl (C=O) groups is 2. The Kier molecular flexibility index (Phi) is 7.35. The molecular weight excluding hydrogens is 398 g/mol. The normalized spacial score (nSPS) is 10.8. The van der Waals surface area contributed by atoms with Gasteiger partial charge in [-0.1, -0.05) is 40.2 Å². The van der Waals surface area contributed by atoms with E-state index in [2.05, 4.69) is 31.8 Å². The number of carbonyl (C=O) groups excluding carboxylic acids is 2. The lowest BCUT2D eigenvalue weighted by molar-refractivity contribution is -0.139.